The Morgan fingerprint density at radius 3 is 2.56 bits per heavy atom. The lowest BCUT2D eigenvalue weighted by Crippen LogP contribution is -2.37. The Labute approximate surface area is 185 Å². The van der Waals surface area contributed by atoms with Crippen LogP contribution in [0.5, 0.6) is 0 Å². The topological polar surface area (TPSA) is 115 Å². The fourth-order valence-electron chi connectivity index (χ4n) is 3.16. The molecule has 0 bridgehead atoms. The number of amides is 1. The Kier molecular flexibility index (Phi) is 9.03. The van der Waals surface area contributed by atoms with E-state index in [9.17, 15) is 18.8 Å². The summed E-state index contributed by atoms with van der Waals surface area (Å²) in [4.78, 5) is 36.0. The van der Waals surface area contributed by atoms with E-state index in [4.69, 9.17) is 5.11 Å². The number of benzene rings is 1. The average Bonchev–Trinajstić information content (AvgIpc) is 2.93. The highest BCUT2D eigenvalue weighted by Crippen LogP contribution is 2.22. The van der Waals surface area contributed by atoms with Gasteiger partial charge in [0.25, 0.3) is 5.56 Å². The minimum absolute atomic E-state index is 0.0364. The second-order valence-electron chi connectivity index (χ2n) is 7.00. The molecule has 8 nitrogen and oxygen atoms in total. The van der Waals surface area contributed by atoms with Crippen molar-refractivity contribution in [1.29, 1.82) is 0 Å². The smallest absolute Gasteiger partial charge is 0.317 e. The number of fused-ring (bicyclic) bond motifs is 1. The molecule has 0 fully saturated rings. The van der Waals surface area contributed by atoms with E-state index in [1.165, 1.54) is 18.0 Å². The number of aromatic amines is 1. The van der Waals surface area contributed by atoms with Gasteiger partial charge in [-0.2, -0.15) is 5.10 Å². The van der Waals surface area contributed by atoms with Gasteiger partial charge in [0.1, 0.15) is 5.83 Å². The first-order valence-electron chi connectivity index (χ1n) is 10.3. The maximum absolute atomic E-state index is 14.4. The van der Waals surface area contributed by atoms with Crippen LogP contribution < -0.4 is 10.9 Å². The van der Waals surface area contributed by atoms with Gasteiger partial charge < -0.3 is 10.4 Å². The van der Waals surface area contributed by atoms with E-state index in [1.54, 1.807) is 24.3 Å². The van der Waals surface area contributed by atoms with Crippen LogP contribution in [0, 0.1) is 0 Å². The monoisotopic (exact) mass is 442 g/mol. The minimum atomic E-state index is -1.05. The lowest BCUT2D eigenvalue weighted by atomic mass is 10.0. The Balaban J connectivity index is 0.00000176. The predicted octanol–water partition coefficient (Wildman–Crippen LogP) is 2.69. The van der Waals surface area contributed by atoms with Gasteiger partial charge in [-0.1, -0.05) is 49.8 Å². The summed E-state index contributed by atoms with van der Waals surface area (Å²) in [5.41, 5.74) is 1.28. The molecule has 9 heteroatoms. The molecule has 1 aromatic heterocycles. The summed E-state index contributed by atoms with van der Waals surface area (Å²) in [5, 5.41) is 19.1. The number of carbonyl (C=O) groups is 2. The van der Waals surface area contributed by atoms with E-state index in [0.29, 0.717) is 23.9 Å². The van der Waals surface area contributed by atoms with Gasteiger partial charge in [0.2, 0.25) is 5.91 Å². The molecule has 0 atom stereocenters. The second-order valence-corrected chi connectivity index (χ2v) is 7.00. The van der Waals surface area contributed by atoms with Crippen molar-refractivity contribution in [3.63, 3.8) is 0 Å². The van der Waals surface area contributed by atoms with Gasteiger partial charge in [-0.3, -0.25) is 19.3 Å². The van der Waals surface area contributed by atoms with Crippen LogP contribution in [0.1, 0.15) is 26.0 Å². The van der Waals surface area contributed by atoms with Crippen LogP contribution in [0.25, 0.3) is 10.8 Å². The van der Waals surface area contributed by atoms with Crippen molar-refractivity contribution in [2.24, 2.45) is 0 Å². The molecule has 0 spiro atoms. The molecule has 0 aliphatic heterocycles. The maximum Gasteiger partial charge on any atom is 0.317 e. The first kappa shape index (κ1) is 24.7. The van der Waals surface area contributed by atoms with Gasteiger partial charge in [-0.25, -0.2) is 9.49 Å². The zero-order chi connectivity index (χ0) is 23.7. The van der Waals surface area contributed by atoms with Gasteiger partial charge >= 0.3 is 5.97 Å². The summed E-state index contributed by atoms with van der Waals surface area (Å²) in [5.74, 6) is -2.16. The molecule has 3 N–H and O–H groups in total. The van der Waals surface area contributed by atoms with E-state index in [-0.39, 0.29) is 24.3 Å². The van der Waals surface area contributed by atoms with Crippen molar-refractivity contribution in [2.45, 2.75) is 26.7 Å². The van der Waals surface area contributed by atoms with E-state index in [1.807, 2.05) is 26.0 Å². The molecule has 1 heterocycles. The number of nitrogens with one attached hydrogen (secondary N) is 2. The quantitative estimate of drug-likeness (QED) is 0.607. The molecule has 1 aromatic carbocycles. The number of carboxylic acid groups (broad SMARTS) is 1. The maximum atomic E-state index is 14.4. The first-order valence-corrected chi connectivity index (χ1v) is 10.3. The molecule has 3 rings (SSSR count). The standard InChI is InChI=1S/C21H21FN4O4.C2H6/c1-26(12-20(28)29)11-19(27)23-17-9-7-13(6-8-16(17)22)10-18-14-4-2-3-5-15(14)21(30)25-24-18;1-2/h2-6,8-9H,7,10-12H2,1H3,(H,23,27)(H,25,30)(H,28,29);1-2H3. The lowest BCUT2D eigenvalue weighted by molar-refractivity contribution is -0.138. The summed E-state index contributed by atoms with van der Waals surface area (Å²) < 4.78 is 14.4. The summed E-state index contributed by atoms with van der Waals surface area (Å²) in [7, 11) is 1.49. The molecule has 1 amide bonds. The Bertz CT molecular complexity index is 1130. The second kappa shape index (κ2) is 11.7. The van der Waals surface area contributed by atoms with Crippen LogP contribution in [0.4, 0.5) is 4.39 Å². The number of halogens is 1. The number of aromatic nitrogens is 2. The van der Waals surface area contributed by atoms with E-state index in [0.717, 1.165) is 11.0 Å². The molecule has 0 saturated carbocycles. The number of hydrogen-bond acceptors (Lipinski definition) is 5. The van der Waals surface area contributed by atoms with Crippen molar-refractivity contribution < 1.29 is 19.1 Å². The van der Waals surface area contributed by atoms with Crippen LogP contribution in [-0.4, -0.2) is 52.2 Å². The molecule has 1 aliphatic rings. The fraction of sp³-hybridized carbons (Fsp3) is 0.304. The zero-order valence-electron chi connectivity index (χ0n) is 18.3. The van der Waals surface area contributed by atoms with Crippen molar-refractivity contribution in [1.82, 2.24) is 20.4 Å². The number of H-pyrrole nitrogens is 1. The van der Waals surface area contributed by atoms with Gasteiger partial charge in [-0.05, 0) is 25.6 Å². The van der Waals surface area contributed by atoms with Crippen molar-refractivity contribution in [2.75, 3.05) is 20.1 Å². The summed E-state index contributed by atoms with van der Waals surface area (Å²) in [6.07, 6.45) is 5.24. The minimum Gasteiger partial charge on any atom is -0.480 e. The van der Waals surface area contributed by atoms with Crippen LogP contribution in [0.3, 0.4) is 0 Å². The molecule has 32 heavy (non-hydrogen) atoms. The third kappa shape index (κ3) is 6.71. The SMILES string of the molecule is CC.CN(CC(=O)O)CC(=O)NC1=CCC(Cc2n[nH]c(=O)c3ccccc23)=CC=C1F. The molecule has 1 aliphatic carbocycles. The molecule has 2 aromatic rings. The Morgan fingerprint density at radius 2 is 1.88 bits per heavy atom. The number of hydrogen-bond donors (Lipinski definition) is 3. The number of nitrogens with zero attached hydrogens (tertiary/aromatic N) is 2. The number of carbonyl (C=O) groups excluding carboxylic acids is 1. The highest BCUT2D eigenvalue weighted by atomic mass is 19.1. The van der Waals surface area contributed by atoms with Crippen LogP contribution in [-0.2, 0) is 16.0 Å². The molecule has 170 valence electrons. The summed E-state index contributed by atoms with van der Waals surface area (Å²) >= 11 is 0. The fourth-order valence-corrected chi connectivity index (χ4v) is 3.16. The van der Waals surface area contributed by atoms with Crippen molar-refractivity contribution >= 4 is 22.6 Å². The number of allylic oxidation sites excluding steroid dienone is 5. The van der Waals surface area contributed by atoms with Crippen LogP contribution in [0.2, 0.25) is 0 Å². The van der Waals surface area contributed by atoms with Crippen molar-refractivity contribution in [3.05, 3.63) is 75.6 Å². The Hall–Kier alpha value is -3.59. The molecule has 0 radical (unpaired) electrons. The number of likely N-dealkylation sites (N-methyl/N-ethyl adjacent to an activating group) is 1. The molecular weight excluding hydrogens is 415 g/mol. The largest absolute Gasteiger partial charge is 0.480 e. The van der Waals surface area contributed by atoms with E-state index in [2.05, 4.69) is 15.5 Å². The number of aliphatic carboxylic acids is 1. The number of carboxylic acids is 1. The highest BCUT2D eigenvalue weighted by Gasteiger charge is 2.15. The first-order chi connectivity index (χ1) is 15.3. The predicted molar refractivity (Wildman–Crippen MR) is 121 cm³/mol. The third-order valence-electron chi connectivity index (χ3n) is 4.55. The molecule has 0 saturated heterocycles. The van der Waals surface area contributed by atoms with Gasteiger partial charge in [0.05, 0.1) is 29.9 Å². The van der Waals surface area contributed by atoms with Crippen LogP contribution >= 0.6 is 0 Å². The lowest BCUT2D eigenvalue weighted by Gasteiger charge is -2.14. The highest BCUT2D eigenvalue weighted by molar-refractivity contribution is 5.83. The molecular formula is C23H27FN4O4. The van der Waals surface area contributed by atoms with Crippen LogP contribution in [0.15, 0.2) is 64.4 Å². The van der Waals surface area contributed by atoms with Crippen molar-refractivity contribution in [3.8, 4) is 0 Å². The van der Waals surface area contributed by atoms with Gasteiger partial charge in [0.15, 0.2) is 0 Å². The normalized spacial score (nSPS) is 13.3. The zero-order valence-corrected chi connectivity index (χ0v) is 18.3. The third-order valence-corrected chi connectivity index (χ3v) is 4.55. The summed E-state index contributed by atoms with van der Waals surface area (Å²) in [6, 6.07) is 7.13. The molecule has 0 unspecified atom stereocenters. The Morgan fingerprint density at radius 1 is 1.19 bits per heavy atom. The number of rotatable bonds is 7. The van der Waals surface area contributed by atoms with E-state index >= 15 is 0 Å². The van der Waals surface area contributed by atoms with E-state index < -0.39 is 17.7 Å². The summed E-state index contributed by atoms with van der Waals surface area (Å²) in [6.45, 7) is 3.53. The van der Waals surface area contributed by atoms with Gasteiger partial charge in [-0.15, -0.1) is 0 Å². The van der Waals surface area contributed by atoms with Gasteiger partial charge in [0, 0.05) is 11.8 Å². The average molecular weight is 442 g/mol.